The first kappa shape index (κ1) is 45.2. The maximum atomic E-state index is 13.7. The van der Waals surface area contributed by atoms with Crippen molar-refractivity contribution < 1.29 is 47.1 Å². The minimum absolute atomic E-state index is 0.223. The van der Waals surface area contributed by atoms with Crippen molar-refractivity contribution in [2.45, 2.75) is 115 Å². The lowest BCUT2D eigenvalue weighted by atomic mass is 9.66. The van der Waals surface area contributed by atoms with E-state index in [-0.39, 0.29) is 19.1 Å². The molecule has 1 aliphatic carbocycles. The zero-order valence-electron chi connectivity index (χ0n) is 36.1. The van der Waals surface area contributed by atoms with Gasteiger partial charge in [0, 0.05) is 43.3 Å². The van der Waals surface area contributed by atoms with E-state index in [2.05, 4.69) is 84.0 Å². The average Bonchev–Trinajstić information content (AvgIpc) is 3.53. The molecule has 5 rings (SSSR count). The minimum Gasteiger partial charge on any atom is -0.490 e. The second-order valence-electron chi connectivity index (χ2n) is 17.4. The summed E-state index contributed by atoms with van der Waals surface area (Å²) >= 11 is 1.29. The molecule has 10 nitrogen and oxygen atoms in total. The van der Waals surface area contributed by atoms with Crippen molar-refractivity contribution >= 4 is 30.6 Å². The van der Waals surface area contributed by atoms with Crippen LogP contribution in [0.1, 0.15) is 110 Å². The molecule has 1 heterocycles. The largest absolute Gasteiger partial charge is 0.494 e. The zero-order valence-corrected chi connectivity index (χ0v) is 36.9. The summed E-state index contributed by atoms with van der Waals surface area (Å²) in [4.78, 5) is 14.7. The van der Waals surface area contributed by atoms with Crippen LogP contribution in [-0.4, -0.2) is 94.0 Å². The number of ether oxygens (including phenoxy) is 5. The molecule has 1 atom stereocenters. The Hall–Kier alpha value is -2.94. The molecule has 1 unspecified atom stereocenters. The van der Waals surface area contributed by atoms with Crippen LogP contribution in [0.2, 0.25) is 0 Å². The van der Waals surface area contributed by atoms with E-state index in [0.717, 1.165) is 44.6 Å². The summed E-state index contributed by atoms with van der Waals surface area (Å²) in [5.41, 5.74) is 3.42. The first-order valence-electron chi connectivity index (χ1n) is 20.1. The molecule has 3 aromatic rings. The van der Waals surface area contributed by atoms with E-state index in [1.807, 2.05) is 39.8 Å². The van der Waals surface area contributed by atoms with Crippen LogP contribution in [0.15, 0.2) is 59.5 Å². The predicted octanol–water partition coefficient (Wildman–Crippen LogP) is 7.89. The number of hydrogen-bond donors (Lipinski definition) is 0. The van der Waals surface area contributed by atoms with Crippen molar-refractivity contribution in [1.82, 2.24) is 0 Å². The Labute approximate surface area is 344 Å². The molecule has 0 amide bonds. The molecular weight excluding hydrogens is 743 g/mol. The summed E-state index contributed by atoms with van der Waals surface area (Å²) in [6, 6.07) is 18.9. The summed E-state index contributed by atoms with van der Waals surface area (Å²) in [7, 11) is 1.08. The van der Waals surface area contributed by atoms with E-state index in [4.69, 9.17) is 42.3 Å². The topological polar surface area (TPSA) is 114 Å². The van der Waals surface area contributed by atoms with Gasteiger partial charge >= 0.3 is 13.1 Å². The summed E-state index contributed by atoms with van der Waals surface area (Å²) in [5.74, 6) is 0.223. The van der Waals surface area contributed by atoms with Gasteiger partial charge in [0.1, 0.15) is 17.9 Å². The standard InChI is InChI=1S/C45H63BO10S/c1-13-52-40(47)36-26-31(14-19-39(36)53-25-24-51-23-22-50-21-20-49-12)45(29-30(2)3)37-27-32(46-54-43(8,9)44(10,11)55-46)15-17-34(37)35-18-16-33(28-38(35)45)57-56-42(6,7)41(4,5)48/h14-19,26-28,30,48H,13,20-25,29H2,1-12H3/p+1. The van der Waals surface area contributed by atoms with E-state index in [0.29, 0.717) is 44.3 Å². The minimum atomic E-state index is -0.823. The van der Waals surface area contributed by atoms with Gasteiger partial charge in [0.2, 0.25) is 0 Å². The van der Waals surface area contributed by atoms with Crippen LogP contribution in [0.4, 0.5) is 0 Å². The van der Waals surface area contributed by atoms with Gasteiger partial charge in [-0.05, 0) is 118 Å². The zero-order chi connectivity index (χ0) is 41.8. The molecule has 0 spiro atoms. The molecule has 1 saturated heterocycles. The summed E-state index contributed by atoms with van der Waals surface area (Å²) < 4.78 is 47.6. The molecule has 0 bridgehead atoms. The normalized spacial score (nSPS) is 18.5. The SMILES string of the molecule is CCOC(=O)c1cc(C2(CC(C)C)c3cc(SOC(C)(C)C(C)(C)[OH2+])ccc3-c3ccc(B4OC(C)(C)C(C)(C)O4)cc32)ccc1OCCOCCOCCOC. The Morgan fingerprint density at radius 2 is 1.42 bits per heavy atom. The Bertz CT molecular complexity index is 1840. The molecule has 1 fully saturated rings. The van der Waals surface area contributed by atoms with E-state index in [9.17, 15) is 4.79 Å². The first-order valence-corrected chi connectivity index (χ1v) is 20.9. The van der Waals surface area contributed by atoms with E-state index >= 15 is 0 Å². The molecule has 2 N–H and O–H groups in total. The van der Waals surface area contributed by atoms with E-state index in [1.54, 1.807) is 14.0 Å². The highest BCUT2D eigenvalue weighted by atomic mass is 32.2. The monoisotopic (exact) mass is 807 g/mol. The third-order valence-electron chi connectivity index (χ3n) is 11.6. The number of rotatable bonds is 20. The molecule has 312 valence electrons. The van der Waals surface area contributed by atoms with E-state index < -0.39 is 40.9 Å². The Morgan fingerprint density at radius 1 is 0.825 bits per heavy atom. The van der Waals surface area contributed by atoms with Gasteiger partial charge in [-0.25, -0.2) is 4.79 Å². The summed E-state index contributed by atoms with van der Waals surface area (Å²) in [6.45, 7) is 24.8. The van der Waals surface area contributed by atoms with Gasteiger partial charge in [-0.2, -0.15) is 0 Å². The summed E-state index contributed by atoms with van der Waals surface area (Å²) in [5, 5.41) is 8.68. The van der Waals surface area contributed by atoms with Gasteiger partial charge in [-0.15, -0.1) is 0 Å². The quantitative estimate of drug-likeness (QED) is 0.0367. The van der Waals surface area contributed by atoms with Crippen molar-refractivity contribution in [3.05, 3.63) is 76.9 Å². The average molecular weight is 808 g/mol. The number of carbonyl (C=O) groups excluding carboxylic acids is 1. The molecule has 12 heteroatoms. The Morgan fingerprint density at radius 3 is 2.02 bits per heavy atom. The maximum absolute atomic E-state index is 13.7. The third kappa shape index (κ3) is 9.76. The lowest BCUT2D eigenvalue weighted by Crippen LogP contribution is -2.45. The summed E-state index contributed by atoms with van der Waals surface area (Å²) in [6.07, 6.45) is 0.739. The Balaban J connectivity index is 1.61. The van der Waals surface area contributed by atoms with Crippen molar-refractivity contribution in [3.63, 3.8) is 0 Å². The van der Waals surface area contributed by atoms with Crippen LogP contribution < -0.4 is 10.2 Å². The smallest absolute Gasteiger partial charge is 0.490 e. The van der Waals surface area contributed by atoms with Crippen LogP contribution >= 0.6 is 12.0 Å². The molecule has 0 saturated carbocycles. The van der Waals surface area contributed by atoms with Gasteiger partial charge in [0.25, 0.3) is 0 Å². The van der Waals surface area contributed by atoms with Crippen molar-refractivity contribution in [1.29, 1.82) is 0 Å². The van der Waals surface area contributed by atoms with Crippen LogP contribution in [0.25, 0.3) is 11.1 Å². The van der Waals surface area contributed by atoms with E-state index in [1.165, 1.54) is 12.0 Å². The Kier molecular flexibility index (Phi) is 14.4. The fraction of sp³-hybridized carbons (Fsp3) is 0.578. The number of esters is 1. The molecule has 57 heavy (non-hydrogen) atoms. The lowest BCUT2D eigenvalue weighted by molar-refractivity contribution is -0.0813. The molecule has 1 aliphatic heterocycles. The second kappa shape index (κ2) is 18.1. The van der Waals surface area contributed by atoms with Gasteiger partial charge in [0.05, 0.1) is 50.8 Å². The van der Waals surface area contributed by atoms with Gasteiger partial charge in [-0.1, -0.05) is 44.2 Å². The molecule has 0 aromatic heterocycles. The number of hydrogen-bond acceptors (Lipinski definition) is 10. The molecule has 2 aliphatic rings. The lowest BCUT2D eigenvalue weighted by Gasteiger charge is -2.36. The fourth-order valence-electron chi connectivity index (χ4n) is 7.07. The van der Waals surface area contributed by atoms with Crippen LogP contribution in [0.3, 0.4) is 0 Å². The highest BCUT2D eigenvalue weighted by molar-refractivity contribution is 7.94. The molecule has 3 aromatic carbocycles. The molecular formula is C45H64BO10S+. The fourth-order valence-corrected chi connectivity index (χ4v) is 7.87. The van der Waals surface area contributed by atoms with Crippen molar-refractivity contribution in [2.75, 3.05) is 53.4 Å². The van der Waals surface area contributed by atoms with Crippen molar-refractivity contribution in [3.8, 4) is 16.9 Å². The number of benzene rings is 3. The number of methoxy groups -OCH3 is 1. The molecule has 0 radical (unpaired) electrons. The second-order valence-corrected chi connectivity index (χ2v) is 18.2. The van der Waals surface area contributed by atoms with Gasteiger partial charge in [0.15, 0.2) is 11.2 Å². The van der Waals surface area contributed by atoms with Crippen LogP contribution in [0, 0.1) is 5.92 Å². The maximum Gasteiger partial charge on any atom is 0.494 e. The van der Waals surface area contributed by atoms with Gasteiger partial charge < -0.3 is 38.1 Å². The number of fused-ring (bicyclic) bond motifs is 3. The van der Waals surface area contributed by atoms with Gasteiger partial charge in [-0.3, -0.25) is 4.18 Å². The van der Waals surface area contributed by atoms with Crippen LogP contribution in [0.5, 0.6) is 5.75 Å². The third-order valence-corrected chi connectivity index (χ3v) is 12.5. The first-order chi connectivity index (χ1) is 26.8. The highest BCUT2D eigenvalue weighted by Crippen LogP contribution is 2.57. The highest BCUT2D eigenvalue weighted by Gasteiger charge is 2.53. The predicted molar refractivity (Wildman–Crippen MR) is 227 cm³/mol. The number of carbonyl (C=O) groups is 1. The van der Waals surface area contributed by atoms with Crippen LogP contribution in [-0.2, 0) is 37.9 Å². The van der Waals surface area contributed by atoms with Crippen molar-refractivity contribution in [2.24, 2.45) is 5.92 Å².